The van der Waals surface area contributed by atoms with E-state index in [1.54, 1.807) is 6.92 Å². The van der Waals surface area contributed by atoms with Gasteiger partial charge in [0.15, 0.2) is 0 Å². The molecule has 2 heterocycles. The number of rotatable bonds is 2. The molecule has 2 N–H and O–H groups in total. The number of hydrazine groups is 1. The summed E-state index contributed by atoms with van der Waals surface area (Å²) in [4.78, 5) is 28.0. The minimum absolute atomic E-state index is 0.0836. The summed E-state index contributed by atoms with van der Waals surface area (Å²) in [5.41, 5.74) is 7.53. The van der Waals surface area contributed by atoms with Gasteiger partial charge in [-0.3, -0.25) is 9.59 Å². The lowest BCUT2D eigenvalue weighted by atomic mass is 10.0. The molecule has 2 aliphatic rings. The molecule has 2 saturated heterocycles. The van der Waals surface area contributed by atoms with Crippen LogP contribution in [-0.4, -0.2) is 53.8 Å². The van der Waals surface area contributed by atoms with Gasteiger partial charge in [-0.05, 0) is 30.5 Å². The molecule has 2 unspecified atom stereocenters. The third-order valence-electron chi connectivity index (χ3n) is 4.73. The topological polar surface area (TPSA) is 64.7 Å². The van der Waals surface area contributed by atoms with Crippen LogP contribution in [0.15, 0.2) is 28.7 Å². The molecule has 2 amide bonds. The third kappa shape index (κ3) is 3.96. The number of benzene rings is 1. The van der Waals surface area contributed by atoms with Crippen LogP contribution in [0.1, 0.15) is 31.4 Å². The van der Waals surface area contributed by atoms with E-state index in [4.69, 9.17) is 0 Å². The second kappa shape index (κ2) is 7.63. The SMILES string of the molecule is CC(=O)N1CCCN(C(=O)C2CC(c3ccc(Br)cc3)NN2)CC1. The maximum atomic E-state index is 12.8. The molecule has 6 nitrogen and oxygen atoms in total. The number of hydrogen-bond acceptors (Lipinski definition) is 4. The van der Waals surface area contributed by atoms with Crippen molar-refractivity contribution < 1.29 is 9.59 Å². The van der Waals surface area contributed by atoms with Crippen LogP contribution in [0.25, 0.3) is 0 Å². The van der Waals surface area contributed by atoms with Crippen LogP contribution in [0.2, 0.25) is 0 Å². The highest BCUT2D eigenvalue weighted by molar-refractivity contribution is 9.10. The Morgan fingerprint density at radius 1 is 1.04 bits per heavy atom. The van der Waals surface area contributed by atoms with E-state index in [1.807, 2.05) is 21.9 Å². The summed E-state index contributed by atoms with van der Waals surface area (Å²) in [6, 6.07) is 8.06. The van der Waals surface area contributed by atoms with Crippen LogP contribution in [0.4, 0.5) is 0 Å². The summed E-state index contributed by atoms with van der Waals surface area (Å²) in [6.07, 6.45) is 1.56. The van der Waals surface area contributed by atoms with Gasteiger partial charge in [-0.15, -0.1) is 0 Å². The Balaban J connectivity index is 1.58. The Hall–Kier alpha value is -1.44. The maximum absolute atomic E-state index is 12.8. The molecule has 1 aromatic carbocycles. The average Bonchev–Trinajstić information content (AvgIpc) is 2.92. The van der Waals surface area contributed by atoms with Crippen LogP contribution >= 0.6 is 15.9 Å². The van der Waals surface area contributed by atoms with E-state index in [0.29, 0.717) is 19.6 Å². The summed E-state index contributed by atoms with van der Waals surface area (Å²) in [7, 11) is 0. The predicted molar refractivity (Wildman–Crippen MR) is 95.0 cm³/mol. The lowest BCUT2D eigenvalue weighted by Crippen LogP contribution is -2.47. The maximum Gasteiger partial charge on any atom is 0.241 e. The van der Waals surface area contributed by atoms with Crippen molar-refractivity contribution in [2.24, 2.45) is 0 Å². The van der Waals surface area contributed by atoms with E-state index >= 15 is 0 Å². The Bertz CT molecular complexity index is 607. The van der Waals surface area contributed by atoms with Gasteiger partial charge < -0.3 is 9.80 Å². The average molecular weight is 395 g/mol. The normalized spacial score (nSPS) is 24.8. The molecule has 0 saturated carbocycles. The zero-order valence-electron chi connectivity index (χ0n) is 13.8. The lowest BCUT2D eigenvalue weighted by Gasteiger charge is -2.24. The van der Waals surface area contributed by atoms with Gasteiger partial charge in [0.05, 0.1) is 0 Å². The molecule has 2 aliphatic heterocycles. The van der Waals surface area contributed by atoms with E-state index < -0.39 is 0 Å². The summed E-state index contributed by atoms with van der Waals surface area (Å²) in [5, 5.41) is 0. The molecule has 130 valence electrons. The van der Waals surface area contributed by atoms with Gasteiger partial charge in [-0.2, -0.15) is 0 Å². The van der Waals surface area contributed by atoms with Crippen molar-refractivity contribution in [3.63, 3.8) is 0 Å². The fourth-order valence-electron chi connectivity index (χ4n) is 3.30. The zero-order valence-corrected chi connectivity index (χ0v) is 15.4. The number of halogens is 1. The minimum atomic E-state index is -0.220. The molecule has 0 radical (unpaired) electrons. The van der Waals surface area contributed by atoms with Gasteiger partial charge in [-0.1, -0.05) is 28.1 Å². The fourth-order valence-corrected chi connectivity index (χ4v) is 3.57. The molecule has 3 rings (SSSR count). The van der Waals surface area contributed by atoms with Crippen molar-refractivity contribution in [1.29, 1.82) is 0 Å². The van der Waals surface area contributed by atoms with Crippen molar-refractivity contribution in [2.75, 3.05) is 26.2 Å². The fraction of sp³-hybridized carbons (Fsp3) is 0.529. The van der Waals surface area contributed by atoms with Gasteiger partial charge in [0.1, 0.15) is 6.04 Å². The summed E-state index contributed by atoms with van der Waals surface area (Å²) >= 11 is 3.44. The number of nitrogens with zero attached hydrogens (tertiary/aromatic N) is 2. The van der Waals surface area contributed by atoms with Crippen LogP contribution < -0.4 is 10.9 Å². The number of carbonyl (C=O) groups excluding carboxylic acids is 2. The highest BCUT2D eigenvalue weighted by Gasteiger charge is 2.33. The quantitative estimate of drug-likeness (QED) is 0.796. The van der Waals surface area contributed by atoms with Crippen molar-refractivity contribution >= 4 is 27.7 Å². The Morgan fingerprint density at radius 2 is 1.71 bits per heavy atom. The highest BCUT2D eigenvalue weighted by Crippen LogP contribution is 2.24. The van der Waals surface area contributed by atoms with E-state index in [9.17, 15) is 9.59 Å². The van der Waals surface area contributed by atoms with Crippen molar-refractivity contribution in [3.8, 4) is 0 Å². The molecule has 0 bridgehead atoms. The molecule has 0 aromatic heterocycles. The summed E-state index contributed by atoms with van der Waals surface area (Å²) in [5.74, 6) is 0.202. The van der Waals surface area contributed by atoms with Crippen LogP contribution in [0.5, 0.6) is 0 Å². The Morgan fingerprint density at radius 3 is 2.42 bits per heavy atom. The van der Waals surface area contributed by atoms with E-state index in [0.717, 1.165) is 23.9 Å². The molecular formula is C17H23BrN4O2. The lowest BCUT2D eigenvalue weighted by molar-refractivity contribution is -0.134. The Labute approximate surface area is 150 Å². The van der Waals surface area contributed by atoms with E-state index in [2.05, 4.69) is 38.9 Å². The first-order chi connectivity index (χ1) is 11.5. The van der Waals surface area contributed by atoms with Crippen LogP contribution in [-0.2, 0) is 9.59 Å². The molecular weight excluding hydrogens is 372 g/mol. The highest BCUT2D eigenvalue weighted by atomic mass is 79.9. The third-order valence-corrected chi connectivity index (χ3v) is 5.26. The van der Waals surface area contributed by atoms with E-state index in [1.165, 1.54) is 5.56 Å². The molecule has 2 atom stereocenters. The van der Waals surface area contributed by atoms with Crippen molar-refractivity contribution in [3.05, 3.63) is 34.3 Å². The number of carbonyl (C=O) groups is 2. The first-order valence-corrected chi connectivity index (χ1v) is 9.14. The van der Waals surface area contributed by atoms with Gasteiger partial charge in [0.2, 0.25) is 11.8 Å². The van der Waals surface area contributed by atoms with E-state index in [-0.39, 0.29) is 23.9 Å². The molecule has 0 spiro atoms. The molecule has 24 heavy (non-hydrogen) atoms. The van der Waals surface area contributed by atoms with Crippen LogP contribution in [0.3, 0.4) is 0 Å². The van der Waals surface area contributed by atoms with Crippen molar-refractivity contribution in [2.45, 2.75) is 31.8 Å². The smallest absolute Gasteiger partial charge is 0.241 e. The molecule has 0 aliphatic carbocycles. The second-order valence-electron chi connectivity index (χ2n) is 6.37. The number of amides is 2. The summed E-state index contributed by atoms with van der Waals surface area (Å²) in [6.45, 7) is 4.26. The van der Waals surface area contributed by atoms with Crippen molar-refractivity contribution in [1.82, 2.24) is 20.7 Å². The summed E-state index contributed by atoms with van der Waals surface area (Å²) < 4.78 is 1.05. The minimum Gasteiger partial charge on any atom is -0.341 e. The van der Waals surface area contributed by atoms with Gasteiger partial charge in [0.25, 0.3) is 0 Å². The zero-order chi connectivity index (χ0) is 17.1. The monoisotopic (exact) mass is 394 g/mol. The number of hydrogen-bond donors (Lipinski definition) is 2. The molecule has 1 aromatic rings. The van der Waals surface area contributed by atoms with Gasteiger partial charge in [0, 0.05) is 43.6 Å². The second-order valence-corrected chi connectivity index (χ2v) is 7.28. The number of nitrogens with one attached hydrogen (secondary N) is 2. The first-order valence-electron chi connectivity index (χ1n) is 8.35. The van der Waals surface area contributed by atoms with Gasteiger partial charge >= 0.3 is 0 Å². The predicted octanol–water partition coefficient (Wildman–Crippen LogP) is 1.44. The van der Waals surface area contributed by atoms with Gasteiger partial charge in [-0.25, -0.2) is 10.9 Å². The largest absolute Gasteiger partial charge is 0.341 e. The first kappa shape index (κ1) is 17.4. The molecule has 7 heteroatoms. The Kier molecular flexibility index (Phi) is 5.53. The standard InChI is InChI=1S/C17H23BrN4O2/c1-12(23)21-7-2-8-22(10-9-21)17(24)16-11-15(19-20-16)13-3-5-14(18)6-4-13/h3-6,15-16,19-20H,2,7-11H2,1H3. The van der Waals surface area contributed by atoms with Crippen LogP contribution in [0, 0.1) is 0 Å². The molecule has 2 fully saturated rings.